The molecular weight excluding hydrogens is 386 g/mol. The molecule has 26 heavy (non-hydrogen) atoms. The van der Waals surface area contributed by atoms with E-state index in [-0.39, 0.29) is 0 Å². The van der Waals surface area contributed by atoms with E-state index in [1.165, 1.54) is 12.1 Å². The molecule has 2 N–H and O–H groups in total. The zero-order valence-electron chi connectivity index (χ0n) is 13.4. The van der Waals surface area contributed by atoms with E-state index in [0.29, 0.717) is 16.3 Å². The van der Waals surface area contributed by atoms with Gasteiger partial charge < -0.3 is 4.74 Å². The first-order valence-corrected chi connectivity index (χ1v) is 9.00. The van der Waals surface area contributed by atoms with Crippen LogP contribution in [0.25, 0.3) is 0 Å². The van der Waals surface area contributed by atoms with Gasteiger partial charge in [0.1, 0.15) is 5.75 Å². The number of nitrogens with zero attached hydrogens (tertiary/aromatic N) is 1. The van der Waals surface area contributed by atoms with E-state index in [0.717, 1.165) is 12.1 Å². The predicted octanol–water partition coefficient (Wildman–Crippen LogP) is 1.95. The third kappa shape index (κ3) is 4.91. The summed E-state index contributed by atoms with van der Waals surface area (Å²) in [6.07, 6.45) is 0. The second kappa shape index (κ2) is 8.13. The summed E-state index contributed by atoms with van der Waals surface area (Å²) in [5, 5.41) is 11.4. The number of halogens is 1. The minimum Gasteiger partial charge on any atom is -0.483 e. The number of carbonyl (C=O) groups excluding carboxylic acids is 1. The van der Waals surface area contributed by atoms with Gasteiger partial charge in [0.15, 0.2) is 11.5 Å². The molecule has 0 aliphatic heterocycles. The number of nitro groups is 1. The Labute approximate surface area is 154 Å². The molecule has 9 nitrogen and oxygen atoms in total. The standard InChI is InChI=1S/C15H14ClN3O6S/c1-10-8-11(16)6-7-13(10)25-9-15(20)17-18-26(23,24)14-5-3-2-4-12(14)19(21)22/h2-8,18H,9H2,1H3,(H,17,20). The van der Waals surface area contributed by atoms with Gasteiger partial charge in [-0.2, -0.15) is 0 Å². The predicted molar refractivity (Wildman–Crippen MR) is 93.2 cm³/mol. The first-order valence-electron chi connectivity index (χ1n) is 7.14. The molecule has 2 rings (SSSR count). The average Bonchev–Trinajstić information content (AvgIpc) is 2.59. The lowest BCUT2D eigenvalue weighted by Gasteiger charge is -2.11. The van der Waals surface area contributed by atoms with Gasteiger partial charge in [-0.25, -0.2) is 8.42 Å². The molecule has 0 saturated carbocycles. The molecule has 0 atom stereocenters. The highest BCUT2D eigenvalue weighted by molar-refractivity contribution is 7.89. The van der Waals surface area contributed by atoms with E-state index in [1.807, 2.05) is 5.43 Å². The van der Waals surface area contributed by atoms with Crippen LogP contribution in [0.15, 0.2) is 47.4 Å². The zero-order valence-corrected chi connectivity index (χ0v) is 15.0. The third-order valence-corrected chi connectivity index (χ3v) is 4.70. The second-order valence-corrected chi connectivity index (χ2v) is 7.16. The Morgan fingerprint density at radius 1 is 1.27 bits per heavy atom. The van der Waals surface area contributed by atoms with E-state index < -0.39 is 38.0 Å². The van der Waals surface area contributed by atoms with Crippen molar-refractivity contribution in [3.63, 3.8) is 0 Å². The van der Waals surface area contributed by atoms with Crippen LogP contribution in [0.2, 0.25) is 5.02 Å². The zero-order chi connectivity index (χ0) is 19.3. The molecule has 2 aromatic rings. The SMILES string of the molecule is Cc1cc(Cl)ccc1OCC(=O)NNS(=O)(=O)c1ccccc1[N+](=O)[O-]. The van der Waals surface area contributed by atoms with Crippen LogP contribution < -0.4 is 15.0 Å². The summed E-state index contributed by atoms with van der Waals surface area (Å²) >= 11 is 5.81. The molecule has 0 aliphatic rings. The van der Waals surface area contributed by atoms with Gasteiger partial charge in [-0.05, 0) is 36.8 Å². The van der Waals surface area contributed by atoms with Gasteiger partial charge in [0, 0.05) is 11.1 Å². The Bertz CT molecular complexity index is 948. The molecule has 138 valence electrons. The molecule has 0 radical (unpaired) electrons. The number of amides is 1. The molecule has 2 aromatic carbocycles. The molecule has 0 unspecified atom stereocenters. The number of para-hydroxylation sites is 1. The highest BCUT2D eigenvalue weighted by Gasteiger charge is 2.25. The number of benzene rings is 2. The van der Waals surface area contributed by atoms with Gasteiger partial charge in [-0.1, -0.05) is 23.7 Å². The van der Waals surface area contributed by atoms with Crippen molar-refractivity contribution in [2.45, 2.75) is 11.8 Å². The molecule has 0 aliphatic carbocycles. The fraction of sp³-hybridized carbons (Fsp3) is 0.133. The third-order valence-electron chi connectivity index (χ3n) is 3.17. The van der Waals surface area contributed by atoms with Crippen molar-refractivity contribution in [1.82, 2.24) is 10.3 Å². The normalized spacial score (nSPS) is 11.0. The largest absolute Gasteiger partial charge is 0.483 e. The van der Waals surface area contributed by atoms with Crippen molar-refractivity contribution in [3.05, 3.63) is 63.2 Å². The minimum absolute atomic E-state index is 0.408. The molecule has 1 amide bonds. The Kier molecular flexibility index (Phi) is 6.14. The maximum Gasteiger partial charge on any atom is 0.289 e. The van der Waals surface area contributed by atoms with Crippen LogP contribution in [0.5, 0.6) is 5.75 Å². The lowest BCUT2D eigenvalue weighted by molar-refractivity contribution is -0.387. The Hall–Kier alpha value is -2.69. The molecule has 11 heteroatoms. The Morgan fingerprint density at radius 2 is 1.96 bits per heavy atom. The van der Waals surface area contributed by atoms with Gasteiger partial charge in [0.05, 0.1) is 4.92 Å². The Morgan fingerprint density at radius 3 is 2.62 bits per heavy atom. The van der Waals surface area contributed by atoms with E-state index in [1.54, 1.807) is 30.0 Å². The molecule has 0 fully saturated rings. The van der Waals surface area contributed by atoms with Gasteiger partial charge in [0.2, 0.25) is 0 Å². The molecule has 0 spiro atoms. The number of sulfonamides is 1. The summed E-state index contributed by atoms with van der Waals surface area (Å²) in [4.78, 5) is 23.1. The monoisotopic (exact) mass is 399 g/mol. The average molecular weight is 400 g/mol. The first-order chi connectivity index (χ1) is 12.2. The van der Waals surface area contributed by atoms with Crippen molar-refractivity contribution in [3.8, 4) is 5.75 Å². The lowest BCUT2D eigenvalue weighted by atomic mass is 10.2. The maximum absolute atomic E-state index is 12.1. The van der Waals surface area contributed by atoms with Crippen LogP contribution in [-0.2, 0) is 14.8 Å². The van der Waals surface area contributed by atoms with E-state index in [9.17, 15) is 23.3 Å². The molecule has 0 aromatic heterocycles. The van der Waals surface area contributed by atoms with Crippen molar-refractivity contribution in [1.29, 1.82) is 0 Å². The van der Waals surface area contributed by atoms with Crippen LogP contribution in [0, 0.1) is 17.0 Å². The van der Waals surface area contributed by atoms with Crippen LogP contribution in [0.3, 0.4) is 0 Å². The molecular formula is C15H14ClN3O6S. The number of nitro benzene ring substituents is 1. The van der Waals surface area contributed by atoms with Crippen molar-refractivity contribution >= 4 is 33.2 Å². The smallest absolute Gasteiger partial charge is 0.289 e. The summed E-state index contributed by atoms with van der Waals surface area (Å²) in [7, 11) is -4.32. The number of carbonyl (C=O) groups is 1. The number of nitrogens with one attached hydrogen (secondary N) is 2. The number of hydrogen-bond acceptors (Lipinski definition) is 6. The topological polar surface area (TPSA) is 128 Å². The Balaban J connectivity index is 1.99. The molecule has 0 saturated heterocycles. The van der Waals surface area contributed by atoms with Crippen LogP contribution in [0.1, 0.15) is 5.56 Å². The fourth-order valence-electron chi connectivity index (χ4n) is 1.97. The molecule has 0 bridgehead atoms. The van der Waals surface area contributed by atoms with E-state index >= 15 is 0 Å². The fourth-order valence-corrected chi connectivity index (χ4v) is 3.23. The summed E-state index contributed by atoms with van der Waals surface area (Å²) in [6, 6.07) is 9.56. The lowest BCUT2D eigenvalue weighted by Crippen LogP contribution is -2.43. The molecule has 0 heterocycles. The summed E-state index contributed by atoms with van der Waals surface area (Å²) in [5.74, 6) is -0.382. The van der Waals surface area contributed by atoms with Crippen LogP contribution >= 0.6 is 11.6 Å². The number of ether oxygens (including phenoxy) is 1. The van der Waals surface area contributed by atoms with Gasteiger partial charge >= 0.3 is 0 Å². The number of rotatable bonds is 7. The van der Waals surface area contributed by atoms with Crippen molar-refractivity contribution in [2.75, 3.05) is 6.61 Å². The van der Waals surface area contributed by atoms with E-state index in [4.69, 9.17) is 16.3 Å². The summed E-state index contributed by atoms with van der Waals surface area (Å²) < 4.78 is 29.6. The minimum atomic E-state index is -4.32. The van der Waals surface area contributed by atoms with Gasteiger partial charge in [-0.15, -0.1) is 4.83 Å². The number of hydrogen-bond donors (Lipinski definition) is 2. The highest BCUT2D eigenvalue weighted by atomic mass is 35.5. The number of aryl methyl sites for hydroxylation is 1. The van der Waals surface area contributed by atoms with Gasteiger partial charge in [-0.3, -0.25) is 20.3 Å². The maximum atomic E-state index is 12.1. The number of hydrazine groups is 1. The van der Waals surface area contributed by atoms with Gasteiger partial charge in [0.25, 0.3) is 21.6 Å². The first kappa shape index (κ1) is 19.6. The van der Waals surface area contributed by atoms with Crippen molar-refractivity contribution < 1.29 is 22.9 Å². The quantitative estimate of drug-likeness (QED) is 0.541. The second-order valence-electron chi connectivity index (χ2n) is 5.08. The van der Waals surface area contributed by atoms with E-state index in [2.05, 4.69) is 0 Å². The van der Waals surface area contributed by atoms with Crippen molar-refractivity contribution in [2.24, 2.45) is 0 Å². The highest BCUT2D eigenvalue weighted by Crippen LogP contribution is 2.23. The summed E-state index contributed by atoms with van der Waals surface area (Å²) in [5.41, 5.74) is 2.03. The van der Waals surface area contributed by atoms with Crippen LogP contribution in [0.4, 0.5) is 5.69 Å². The summed E-state index contributed by atoms with van der Waals surface area (Å²) in [6.45, 7) is 1.26. The van der Waals surface area contributed by atoms with Crippen LogP contribution in [-0.4, -0.2) is 25.9 Å².